The maximum atomic E-state index is 10.2. The van der Waals surface area contributed by atoms with Gasteiger partial charge in [0.2, 0.25) is 0 Å². The minimum atomic E-state index is -0.772. The van der Waals surface area contributed by atoms with Gasteiger partial charge in [-0.05, 0) is 50.1 Å². The van der Waals surface area contributed by atoms with Crippen molar-refractivity contribution in [1.82, 2.24) is 0 Å². The maximum Gasteiger partial charge on any atom is 0.155 e. The fraction of sp³-hybridized carbons (Fsp3) is 0.500. The summed E-state index contributed by atoms with van der Waals surface area (Å²) in [6.45, 7) is 7.58. The van der Waals surface area contributed by atoms with Gasteiger partial charge in [0.05, 0.1) is 32.7 Å². The molecule has 0 saturated carbocycles. The molecule has 0 spiro atoms. The third-order valence-electron chi connectivity index (χ3n) is 4.73. The van der Waals surface area contributed by atoms with E-state index in [4.69, 9.17) is 23.4 Å². The van der Waals surface area contributed by atoms with Gasteiger partial charge in [0, 0.05) is 12.5 Å². The highest BCUT2D eigenvalue weighted by Gasteiger charge is 2.20. The Morgan fingerprint density at radius 2 is 1.90 bits per heavy atom. The Kier molecular flexibility index (Phi) is 10.7. The number of aliphatic hydroxyl groups excluding tert-OH is 1. The molecule has 1 unspecified atom stereocenters. The first-order valence-corrected chi connectivity index (χ1v) is 10.4. The fourth-order valence-corrected chi connectivity index (χ4v) is 3.03. The normalized spacial score (nSPS) is 15.8. The van der Waals surface area contributed by atoms with Crippen LogP contribution in [-0.4, -0.2) is 37.8 Å². The molecule has 0 amide bonds. The second-order valence-corrected chi connectivity index (χ2v) is 7.16. The first-order chi connectivity index (χ1) is 14.5. The molecule has 4 atom stereocenters. The van der Waals surface area contributed by atoms with Crippen LogP contribution >= 0.6 is 0 Å². The lowest BCUT2D eigenvalue weighted by molar-refractivity contribution is -0.172. The Morgan fingerprint density at radius 3 is 2.53 bits per heavy atom. The van der Waals surface area contributed by atoms with E-state index in [9.17, 15) is 5.11 Å². The predicted molar refractivity (Wildman–Crippen MR) is 115 cm³/mol. The molecule has 0 fully saturated rings. The lowest BCUT2D eigenvalue weighted by Gasteiger charge is -2.26. The molecule has 1 N–H and O–H groups in total. The minimum absolute atomic E-state index is 0.109. The van der Waals surface area contributed by atoms with E-state index in [1.54, 1.807) is 31.6 Å². The molecule has 1 aromatic heterocycles. The van der Waals surface area contributed by atoms with Gasteiger partial charge in [-0.25, -0.2) is 0 Å². The van der Waals surface area contributed by atoms with Gasteiger partial charge in [0.15, 0.2) is 6.29 Å². The third kappa shape index (κ3) is 8.32. The number of methoxy groups -OCH3 is 1. The van der Waals surface area contributed by atoms with Crippen molar-refractivity contribution in [2.24, 2.45) is 5.92 Å². The summed E-state index contributed by atoms with van der Waals surface area (Å²) in [6.07, 6.45) is 4.61. The monoisotopic (exact) mass is 418 g/mol. The summed E-state index contributed by atoms with van der Waals surface area (Å²) in [5, 5.41) is 10.2. The molecule has 6 nitrogen and oxygen atoms in total. The van der Waals surface area contributed by atoms with Gasteiger partial charge in [0.25, 0.3) is 0 Å². The zero-order chi connectivity index (χ0) is 21.8. The van der Waals surface area contributed by atoms with Crippen LogP contribution in [0.3, 0.4) is 0 Å². The van der Waals surface area contributed by atoms with Crippen molar-refractivity contribution in [3.63, 3.8) is 0 Å². The van der Waals surface area contributed by atoms with Crippen LogP contribution in [0, 0.1) is 5.92 Å². The Hall–Kier alpha value is -2.12. The van der Waals surface area contributed by atoms with Gasteiger partial charge in [-0.2, -0.15) is 0 Å². The Bertz CT molecular complexity index is 710. The molecule has 6 heteroatoms. The standard InChI is InChI=1S/C24H34O6/c1-5-28-19(3)30-23(9-6-8-22(25)24-10-7-15-29-24)18(2)16-27-17-20-11-13-21(26-4)14-12-20/h6-8,10-15,18-19,22-23,25H,5,9,16-17H2,1-4H3/b8-6+/t18-,19?,22-,23-/m0/s1. The van der Waals surface area contributed by atoms with Crippen molar-refractivity contribution in [2.75, 3.05) is 20.3 Å². The average molecular weight is 419 g/mol. The van der Waals surface area contributed by atoms with E-state index in [0.29, 0.717) is 32.0 Å². The fourth-order valence-electron chi connectivity index (χ4n) is 3.03. The van der Waals surface area contributed by atoms with E-state index in [0.717, 1.165) is 11.3 Å². The van der Waals surface area contributed by atoms with Crippen molar-refractivity contribution in [1.29, 1.82) is 0 Å². The first-order valence-electron chi connectivity index (χ1n) is 10.4. The molecule has 166 valence electrons. The Labute approximate surface area is 179 Å². The molecule has 0 bridgehead atoms. The van der Waals surface area contributed by atoms with Crippen molar-refractivity contribution < 1.29 is 28.5 Å². The second kappa shape index (κ2) is 13.2. The van der Waals surface area contributed by atoms with Crippen molar-refractivity contribution >= 4 is 0 Å². The van der Waals surface area contributed by atoms with Crippen molar-refractivity contribution in [3.05, 3.63) is 66.1 Å². The quantitative estimate of drug-likeness (QED) is 0.348. The van der Waals surface area contributed by atoms with E-state index in [1.807, 2.05) is 44.2 Å². The molecule has 2 aromatic rings. The van der Waals surface area contributed by atoms with Crippen LogP contribution in [0.1, 0.15) is 44.6 Å². The first kappa shape index (κ1) is 24.2. The molecular weight excluding hydrogens is 384 g/mol. The van der Waals surface area contributed by atoms with Crippen LogP contribution in [0.2, 0.25) is 0 Å². The SMILES string of the molecule is CCOC(C)O[C@@H](C/C=C/[C@H](O)c1ccco1)[C@@H](C)COCc1ccc(OC)cc1. The number of hydrogen-bond acceptors (Lipinski definition) is 6. The minimum Gasteiger partial charge on any atom is -0.497 e. The van der Waals surface area contributed by atoms with E-state index in [1.165, 1.54) is 0 Å². The molecule has 0 saturated heterocycles. The molecule has 0 aliphatic carbocycles. The van der Waals surface area contributed by atoms with E-state index >= 15 is 0 Å². The van der Waals surface area contributed by atoms with Gasteiger partial charge in [-0.1, -0.05) is 31.2 Å². The van der Waals surface area contributed by atoms with Crippen LogP contribution in [0.5, 0.6) is 5.75 Å². The number of hydrogen-bond donors (Lipinski definition) is 1. The molecule has 1 heterocycles. The van der Waals surface area contributed by atoms with Crippen LogP contribution in [-0.2, 0) is 20.8 Å². The topological polar surface area (TPSA) is 70.3 Å². The van der Waals surface area contributed by atoms with Crippen LogP contribution in [0.15, 0.2) is 59.2 Å². The third-order valence-corrected chi connectivity index (χ3v) is 4.73. The number of benzene rings is 1. The molecular formula is C24H34O6. The molecule has 2 rings (SSSR count). The Balaban J connectivity index is 1.87. The number of aliphatic hydroxyl groups is 1. The average Bonchev–Trinajstić information content (AvgIpc) is 3.28. The number of furan rings is 1. The highest BCUT2D eigenvalue weighted by molar-refractivity contribution is 5.26. The Morgan fingerprint density at radius 1 is 1.13 bits per heavy atom. The van der Waals surface area contributed by atoms with Gasteiger partial charge in [-0.3, -0.25) is 0 Å². The molecule has 0 radical (unpaired) electrons. The second-order valence-electron chi connectivity index (χ2n) is 7.16. The van der Waals surface area contributed by atoms with Gasteiger partial charge in [0.1, 0.15) is 17.6 Å². The molecule has 0 aliphatic heterocycles. The molecule has 1 aromatic carbocycles. The summed E-state index contributed by atoms with van der Waals surface area (Å²) >= 11 is 0. The molecule has 0 aliphatic rings. The molecule has 30 heavy (non-hydrogen) atoms. The van der Waals surface area contributed by atoms with Gasteiger partial charge >= 0.3 is 0 Å². The summed E-state index contributed by atoms with van der Waals surface area (Å²) in [6, 6.07) is 11.3. The number of ether oxygens (including phenoxy) is 4. The van der Waals surface area contributed by atoms with E-state index < -0.39 is 6.10 Å². The summed E-state index contributed by atoms with van der Waals surface area (Å²) in [5.41, 5.74) is 1.09. The lowest BCUT2D eigenvalue weighted by atomic mass is 10.0. The lowest BCUT2D eigenvalue weighted by Crippen LogP contribution is -2.30. The zero-order valence-electron chi connectivity index (χ0n) is 18.3. The van der Waals surface area contributed by atoms with Crippen molar-refractivity contribution in [2.45, 2.75) is 52.3 Å². The van der Waals surface area contributed by atoms with Crippen LogP contribution < -0.4 is 4.74 Å². The van der Waals surface area contributed by atoms with E-state index in [2.05, 4.69) is 6.92 Å². The van der Waals surface area contributed by atoms with Gasteiger partial charge < -0.3 is 28.5 Å². The largest absolute Gasteiger partial charge is 0.497 e. The summed E-state index contributed by atoms with van der Waals surface area (Å²) in [4.78, 5) is 0. The smallest absolute Gasteiger partial charge is 0.155 e. The highest BCUT2D eigenvalue weighted by atomic mass is 16.7. The summed E-state index contributed by atoms with van der Waals surface area (Å²) < 4.78 is 27.9. The van der Waals surface area contributed by atoms with Crippen LogP contribution in [0.4, 0.5) is 0 Å². The maximum absolute atomic E-state index is 10.2. The zero-order valence-corrected chi connectivity index (χ0v) is 18.3. The highest BCUT2D eigenvalue weighted by Crippen LogP contribution is 2.20. The van der Waals surface area contributed by atoms with E-state index in [-0.39, 0.29) is 18.3 Å². The summed E-state index contributed by atoms with van der Waals surface area (Å²) in [7, 11) is 1.65. The number of rotatable bonds is 14. The summed E-state index contributed by atoms with van der Waals surface area (Å²) in [5.74, 6) is 1.48. The van der Waals surface area contributed by atoms with Crippen molar-refractivity contribution in [3.8, 4) is 5.75 Å². The van der Waals surface area contributed by atoms with Crippen LogP contribution in [0.25, 0.3) is 0 Å². The van der Waals surface area contributed by atoms with Gasteiger partial charge in [-0.15, -0.1) is 0 Å². The predicted octanol–water partition coefficient (Wildman–Crippen LogP) is 4.89.